The van der Waals surface area contributed by atoms with Crippen molar-refractivity contribution >= 4 is 22.8 Å². The molecule has 1 saturated heterocycles. The molecular formula is C28H33FN4O4. The van der Waals surface area contributed by atoms with Crippen molar-refractivity contribution in [1.29, 1.82) is 0 Å². The third-order valence-electron chi connectivity index (χ3n) is 7.89. The van der Waals surface area contributed by atoms with Crippen LogP contribution < -0.4 is 4.74 Å². The molecule has 9 heteroatoms. The summed E-state index contributed by atoms with van der Waals surface area (Å²) in [6.45, 7) is 8.83. The number of hydrogen-bond acceptors (Lipinski definition) is 5. The van der Waals surface area contributed by atoms with Gasteiger partial charge in [0, 0.05) is 29.6 Å². The fourth-order valence-electron chi connectivity index (χ4n) is 5.94. The van der Waals surface area contributed by atoms with Gasteiger partial charge in [-0.2, -0.15) is 0 Å². The summed E-state index contributed by atoms with van der Waals surface area (Å²) in [6.07, 6.45) is 0.832. The first-order valence-electron chi connectivity index (χ1n) is 12.8. The number of rotatable bonds is 8. The smallest absolute Gasteiger partial charge is 0.328 e. The number of aromatic hydroxyl groups is 1. The van der Waals surface area contributed by atoms with Gasteiger partial charge in [-0.3, -0.25) is 14.6 Å². The third-order valence-corrected chi connectivity index (χ3v) is 7.89. The van der Waals surface area contributed by atoms with Crippen LogP contribution in [0.4, 0.5) is 9.18 Å². The number of amides is 3. The van der Waals surface area contributed by atoms with Gasteiger partial charge >= 0.3 is 6.03 Å². The maximum atomic E-state index is 15.5. The molecule has 2 aliphatic heterocycles. The number of nitrogens with one attached hydrogen (secondary N) is 1. The number of H-pyrrole nitrogens is 1. The molecule has 0 radical (unpaired) electrons. The van der Waals surface area contributed by atoms with Crippen molar-refractivity contribution < 1.29 is 23.8 Å². The van der Waals surface area contributed by atoms with Crippen LogP contribution in [0.5, 0.6) is 11.5 Å². The van der Waals surface area contributed by atoms with Crippen molar-refractivity contribution in [2.45, 2.75) is 45.2 Å². The molecule has 0 saturated carbocycles. The van der Waals surface area contributed by atoms with Gasteiger partial charge in [0.15, 0.2) is 11.6 Å². The van der Waals surface area contributed by atoms with Crippen LogP contribution in [0.25, 0.3) is 10.9 Å². The predicted molar refractivity (Wildman–Crippen MR) is 138 cm³/mol. The number of carbonyl (C=O) groups is 2. The minimum Gasteiger partial charge on any atom is -0.508 e. The predicted octanol–water partition coefficient (Wildman–Crippen LogP) is 4.42. The van der Waals surface area contributed by atoms with Gasteiger partial charge in [0.1, 0.15) is 17.3 Å². The number of imide groups is 1. The Balaban J connectivity index is 1.63. The lowest BCUT2D eigenvalue weighted by atomic mass is 9.81. The summed E-state index contributed by atoms with van der Waals surface area (Å²) >= 11 is 0. The van der Waals surface area contributed by atoms with E-state index in [1.54, 1.807) is 42.2 Å². The lowest BCUT2D eigenvalue weighted by Crippen LogP contribution is -2.53. The highest BCUT2D eigenvalue weighted by Gasteiger charge is 2.60. The van der Waals surface area contributed by atoms with Crippen molar-refractivity contribution in [3.63, 3.8) is 0 Å². The second-order valence-electron chi connectivity index (χ2n) is 9.96. The van der Waals surface area contributed by atoms with Gasteiger partial charge in [-0.15, -0.1) is 0 Å². The van der Waals surface area contributed by atoms with Gasteiger partial charge in [-0.25, -0.2) is 9.18 Å². The van der Waals surface area contributed by atoms with Crippen LogP contribution in [-0.4, -0.2) is 75.6 Å². The van der Waals surface area contributed by atoms with E-state index in [1.165, 1.54) is 12.0 Å². The molecule has 8 nitrogen and oxygen atoms in total. The maximum Gasteiger partial charge on any atom is 0.328 e. The van der Waals surface area contributed by atoms with Crippen LogP contribution in [0.3, 0.4) is 0 Å². The molecule has 3 amide bonds. The third kappa shape index (κ3) is 3.83. The summed E-state index contributed by atoms with van der Waals surface area (Å²) < 4.78 is 20.8. The van der Waals surface area contributed by atoms with E-state index < -0.39 is 17.4 Å². The molecule has 1 fully saturated rings. The first-order chi connectivity index (χ1) is 17.7. The lowest BCUT2D eigenvalue weighted by Gasteiger charge is -2.42. The average Bonchev–Trinajstić information content (AvgIpc) is 3.33. The Bertz CT molecular complexity index is 1370. The zero-order valence-electron chi connectivity index (χ0n) is 21.7. The second kappa shape index (κ2) is 9.37. The molecule has 5 rings (SSSR count). The van der Waals surface area contributed by atoms with E-state index in [9.17, 15) is 14.7 Å². The standard InChI is InChI=1S/C28H33FN4O4/c1-5-31(6-2)13-8-14-32-26(35)28(3)16-19-22-20(11-12-21(37-4)23(22)29)30-24(19)25(33(28)27(32)36)17-9-7-10-18(34)15-17/h7,9-12,15,25,30,34H,5-6,8,13-14,16H2,1-4H3/t25-,28+/m1/s1. The van der Waals surface area contributed by atoms with Crippen LogP contribution in [0.15, 0.2) is 36.4 Å². The lowest BCUT2D eigenvalue weighted by molar-refractivity contribution is -0.133. The number of hydrogen-bond donors (Lipinski definition) is 2. The van der Waals surface area contributed by atoms with Gasteiger partial charge in [-0.05, 0) is 68.4 Å². The van der Waals surface area contributed by atoms with E-state index in [2.05, 4.69) is 23.7 Å². The molecule has 2 N–H and O–H groups in total. The van der Waals surface area contributed by atoms with Gasteiger partial charge in [0.05, 0.1) is 7.11 Å². The van der Waals surface area contributed by atoms with E-state index in [0.717, 1.165) is 19.6 Å². The highest BCUT2D eigenvalue weighted by Crippen LogP contribution is 2.49. The van der Waals surface area contributed by atoms with E-state index in [4.69, 9.17) is 4.74 Å². The molecule has 37 heavy (non-hydrogen) atoms. The monoisotopic (exact) mass is 508 g/mol. The number of carbonyl (C=O) groups excluding carboxylic acids is 2. The first-order valence-corrected chi connectivity index (χ1v) is 12.8. The molecular weight excluding hydrogens is 475 g/mol. The quantitative estimate of drug-likeness (QED) is 0.440. The number of fused-ring (bicyclic) bond motifs is 4. The van der Waals surface area contributed by atoms with Gasteiger partial charge in [0.2, 0.25) is 0 Å². The summed E-state index contributed by atoms with van der Waals surface area (Å²) in [5, 5.41) is 10.6. The number of nitrogens with zero attached hydrogens (tertiary/aromatic N) is 3. The topological polar surface area (TPSA) is 89.1 Å². The van der Waals surface area contributed by atoms with Gasteiger partial charge in [0.25, 0.3) is 5.91 Å². The van der Waals surface area contributed by atoms with Crippen LogP contribution in [-0.2, 0) is 11.2 Å². The maximum absolute atomic E-state index is 15.5. The second-order valence-corrected chi connectivity index (χ2v) is 9.96. The molecule has 0 aliphatic carbocycles. The minimum atomic E-state index is -1.21. The highest BCUT2D eigenvalue weighted by atomic mass is 19.1. The van der Waals surface area contributed by atoms with E-state index in [0.29, 0.717) is 40.7 Å². The van der Waals surface area contributed by atoms with Crippen LogP contribution in [0, 0.1) is 5.82 Å². The molecule has 1 aromatic heterocycles. The SMILES string of the molecule is CCN(CC)CCCN1C(=O)N2[C@H](c3cccc(O)c3)c3[nH]c4ccc(OC)c(F)c4c3C[C@@]2(C)C1=O. The summed E-state index contributed by atoms with van der Waals surface area (Å²) in [7, 11) is 1.41. The average molecular weight is 509 g/mol. The molecule has 2 aromatic carbocycles. The zero-order chi connectivity index (χ0) is 26.5. The summed E-state index contributed by atoms with van der Waals surface area (Å²) in [6, 6.07) is 8.87. The van der Waals surface area contributed by atoms with Crippen molar-refractivity contribution in [3.8, 4) is 11.5 Å². The number of ether oxygens (including phenoxy) is 1. The fraction of sp³-hybridized carbons (Fsp3) is 0.429. The van der Waals surface area contributed by atoms with Crippen LogP contribution >= 0.6 is 0 Å². The van der Waals surface area contributed by atoms with Crippen molar-refractivity contribution in [3.05, 3.63) is 59.0 Å². The van der Waals surface area contributed by atoms with Crippen molar-refractivity contribution in [2.24, 2.45) is 0 Å². The Hall–Kier alpha value is -3.59. The van der Waals surface area contributed by atoms with Crippen molar-refractivity contribution in [1.82, 2.24) is 19.7 Å². The first kappa shape index (κ1) is 25.1. The Kier molecular flexibility index (Phi) is 6.35. The molecule has 2 aliphatic rings. The number of benzene rings is 2. The molecule has 2 atom stereocenters. The molecule has 3 aromatic rings. The Morgan fingerprint density at radius 3 is 2.65 bits per heavy atom. The number of aromatic amines is 1. The van der Waals surface area contributed by atoms with E-state index in [-0.39, 0.29) is 29.9 Å². The Labute approximate surface area is 215 Å². The molecule has 0 unspecified atom stereocenters. The van der Waals surface area contributed by atoms with Crippen LogP contribution in [0.2, 0.25) is 0 Å². The molecule has 0 bridgehead atoms. The number of phenolic OH excluding ortho intramolecular Hbond substituents is 1. The summed E-state index contributed by atoms with van der Waals surface area (Å²) in [5.74, 6) is -0.630. The normalized spacial score (nSPS) is 21.2. The number of phenols is 1. The Morgan fingerprint density at radius 2 is 1.97 bits per heavy atom. The summed E-state index contributed by atoms with van der Waals surface area (Å²) in [4.78, 5) is 36.3. The number of methoxy groups -OCH3 is 1. The Morgan fingerprint density at radius 1 is 1.22 bits per heavy atom. The number of urea groups is 1. The number of aromatic nitrogens is 1. The molecule has 196 valence electrons. The molecule has 3 heterocycles. The van der Waals surface area contributed by atoms with E-state index in [1.807, 2.05) is 6.07 Å². The summed E-state index contributed by atoms with van der Waals surface area (Å²) in [5.41, 5.74) is 1.27. The van der Waals surface area contributed by atoms with Gasteiger partial charge < -0.3 is 19.7 Å². The minimum absolute atomic E-state index is 0.0457. The highest BCUT2D eigenvalue weighted by molar-refractivity contribution is 6.08. The van der Waals surface area contributed by atoms with Crippen molar-refractivity contribution in [2.75, 3.05) is 33.3 Å². The largest absolute Gasteiger partial charge is 0.508 e. The zero-order valence-corrected chi connectivity index (χ0v) is 21.7. The number of halogens is 1. The van der Waals surface area contributed by atoms with E-state index >= 15 is 4.39 Å². The fourth-order valence-corrected chi connectivity index (χ4v) is 5.94. The van der Waals surface area contributed by atoms with Gasteiger partial charge in [-0.1, -0.05) is 26.0 Å². The molecule has 0 spiro atoms. The van der Waals surface area contributed by atoms with Crippen LogP contribution in [0.1, 0.15) is 50.1 Å².